The van der Waals surface area contributed by atoms with Gasteiger partial charge < -0.3 is 0 Å². The molecule has 0 aromatic heterocycles. The summed E-state index contributed by atoms with van der Waals surface area (Å²) in [7, 11) is 0. The quantitative estimate of drug-likeness (QED) is 0.481. The van der Waals surface area contributed by atoms with Crippen LogP contribution in [0.1, 0.15) is 13.8 Å². The van der Waals surface area contributed by atoms with Gasteiger partial charge in [0.1, 0.15) is 0 Å². The van der Waals surface area contributed by atoms with Gasteiger partial charge in [-0.05, 0) is 24.6 Å². The van der Waals surface area contributed by atoms with Crippen LogP contribution in [0.15, 0.2) is 34.9 Å². The summed E-state index contributed by atoms with van der Waals surface area (Å²) < 4.78 is 0. The Labute approximate surface area is 81.5 Å². The minimum absolute atomic E-state index is 0.363. The molecular weight excluding hydrogens is 190 g/mol. The number of rotatable bonds is 1. The van der Waals surface area contributed by atoms with Crippen LogP contribution in [0, 0.1) is 10.1 Å². The first kappa shape index (κ1) is 9.99. The fourth-order valence-corrected chi connectivity index (χ4v) is 1.44. The van der Waals surface area contributed by atoms with Crippen molar-refractivity contribution in [1.29, 1.82) is 0 Å². The lowest BCUT2D eigenvalue weighted by Crippen LogP contribution is -2.29. The molecule has 0 N–H and O–H groups in total. The lowest BCUT2D eigenvalue weighted by atomic mass is 10.0. The van der Waals surface area contributed by atoms with Gasteiger partial charge in [-0.3, -0.25) is 10.1 Å². The van der Waals surface area contributed by atoms with Crippen molar-refractivity contribution < 1.29 is 4.92 Å². The monoisotopic (exact) mass is 199 g/mol. The van der Waals surface area contributed by atoms with Gasteiger partial charge >= 0.3 is 0 Å². The van der Waals surface area contributed by atoms with Crippen LogP contribution in [-0.2, 0) is 0 Å². The summed E-state index contributed by atoms with van der Waals surface area (Å²) in [4.78, 5) is 10.3. The molecule has 0 saturated heterocycles. The normalized spacial score (nSPS) is 27.6. The van der Waals surface area contributed by atoms with Gasteiger partial charge in [-0.25, -0.2) is 0 Å². The van der Waals surface area contributed by atoms with E-state index in [0.717, 1.165) is 5.57 Å². The molecule has 1 aliphatic rings. The fourth-order valence-electron chi connectivity index (χ4n) is 1.05. The number of nitro groups is 1. The molecule has 0 amide bonds. The van der Waals surface area contributed by atoms with Crippen LogP contribution in [0.2, 0.25) is 0 Å². The molecule has 70 valence electrons. The molecular formula is C9H10ClNO2. The number of halogens is 1. The molecule has 0 spiro atoms. The zero-order chi connectivity index (χ0) is 10.1. The Morgan fingerprint density at radius 2 is 2.23 bits per heavy atom. The van der Waals surface area contributed by atoms with Gasteiger partial charge in [-0.15, -0.1) is 0 Å². The van der Waals surface area contributed by atoms with Crippen LogP contribution in [0.3, 0.4) is 0 Å². The number of hydrogen-bond donors (Lipinski definition) is 0. The molecule has 1 atom stereocenters. The standard InChI is InChI=1S/C9H10ClNO2/c1-7-3-4-9(2,11(12)13)6-8(10)5-7/h3-6H,1-2H3. The second kappa shape index (κ2) is 3.34. The lowest BCUT2D eigenvalue weighted by Gasteiger charge is -2.10. The second-order valence-electron chi connectivity index (χ2n) is 3.23. The Morgan fingerprint density at radius 1 is 1.62 bits per heavy atom. The van der Waals surface area contributed by atoms with Crippen LogP contribution in [0.4, 0.5) is 0 Å². The third-order valence-electron chi connectivity index (χ3n) is 1.87. The van der Waals surface area contributed by atoms with E-state index in [1.54, 1.807) is 12.2 Å². The zero-order valence-corrected chi connectivity index (χ0v) is 8.21. The summed E-state index contributed by atoms with van der Waals surface area (Å²) in [6, 6.07) is 0. The maximum absolute atomic E-state index is 10.7. The van der Waals surface area contributed by atoms with Gasteiger partial charge in [0.2, 0.25) is 0 Å². The second-order valence-corrected chi connectivity index (χ2v) is 3.67. The van der Waals surface area contributed by atoms with E-state index in [1.807, 2.05) is 6.92 Å². The van der Waals surface area contributed by atoms with Crippen molar-refractivity contribution in [2.75, 3.05) is 0 Å². The highest BCUT2D eigenvalue weighted by Crippen LogP contribution is 2.23. The van der Waals surface area contributed by atoms with Gasteiger partial charge in [-0.2, -0.15) is 0 Å². The van der Waals surface area contributed by atoms with Crippen molar-refractivity contribution in [2.45, 2.75) is 19.4 Å². The molecule has 0 heterocycles. The first-order valence-corrected chi connectivity index (χ1v) is 4.22. The number of allylic oxidation sites excluding steroid dienone is 4. The molecule has 1 rings (SSSR count). The van der Waals surface area contributed by atoms with Crippen molar-refractivity contribution >= 4 is 11.6 Å². The van der Waals surface area contributed by atoms with Crippen LogP contribution in [0.25, 0.3) is 0 Å². The Balaban J connectivity index is 3.14. The minimum Gasteiger partial charge on any atom is -0.263 e. The van der Waals surface area contributed by atoms with Crippen LogP contribution >= 0.6 is 11.6 Å². The smallest absolute Gasteiger partial charge is 0.257 e. The van der Waals surface area contributed by atoms with Gasteiger partial charge in [-0.1, -0.05) is 17.7 Å². The van der Waals surface area contributed by atoms with E-state index in [1.165, 1.54) is 19.1 Å². The van der Waals surface area contributed by atoms with E-state index >= 15 is 0 Å². The molecule has 0 aromatic rings. The molecule has 0 saturated carbocycles. The average molecular weight is 200 g/mol. The van der Waals surface area contributed by atoms with Crippen LogP contribution in [0.5, 0.6) is 0 Å². The molecule has 0 bridgehead atoms. The van der Waals surface area contributed by atoms with E-state index in [2.05, 4.69) is 0 Å². The molecule has 0 radical (unpaired) electrons. The molecule has 0 aromatic carbocycles. The third kappa shape index (κ3) is 2.18. The van der Waals surface area contributed by atoms with Crippen molar-refractivity contribution in [3.63, 3.8) is 0 Å². The Morgan fingerprint density at radius 3 is 2.77 bits per heavy atom. The Kier molecular flexibility index (Phi) is 2.57. The maximum atomic E-state index is 10.7. The molecule has 1 aliphatic carbocycles. The molecule has 13 heavy (non-hydrogen) atoms. The highest BCUT2D eigenvalue weighted by atomic mass is 35.5. The summed E-state index contributed by atoms with van der Waals surface area (Å²) >= 11 is 5.78. The molecule has 3 nitrogen and oxygen atoms in total. The number of hydrogen-bond acceptors (Lipinski definition) is 2. The van der Waals surface area contributed by atoms with Gasteiger partial charge in [0, 0.05) is 23.0 Å². The first-order chi connectivity index (χ1) is 5.94. The van der Waals surface area contributed by atoms with E-state index in [0.29, 0.717) is 5.03 Å². The molecule has 0 fully saturated rings. The van der Waals surface area contributed by atoms with Crippen LogP contribution < -0.4 is 0 Å². The van der Waals surface area contributed by atoms with Gasteiger partial charge in [0.15, 0.2) is 0 Å². The van der Waals surface area contributed by atoms with E-state index in [-0.39, 0.29) is 4.92 Å². The predicted molar refractivity (Wildman–Crippen MR) is 52.2 cm³/mol. The number of nitrogens with zero attached hydrogens (tertiary/aromatic N) is 1. The Bertz CT molecular complexity index is 331. The Hall–Kier alpha value is -1.09. The van der Waals surface area contributed by atoms with E-state index < -0.39 is 5.54 Å². The third-order valence-corrected chi connectivity index (χ3v) is 2.09. The first-order valence-electron chi connectivity index (χ1n) is 3.84. The van der Waals surface area contributed by atoms with Crippen molar-refractivity contribution in [2.24, 2.45) is 0 Å². The fraction of sp³-hybridized carbons (Fsp3) is 0.333. The SMILES string of the molecule is CC1=CC(Cl)=CC(C)([N+](=O)[O-])C=C1. The van der Waals surface area contributed by atoms with E-state index in [4.69, 9.17) is 11.6 Å². The highest BCUT2D eigenvalue weighted by Gasteiger charge is 2.32. The zero-order valence-electron chi connectivity index (χ0n) is 7.45. The summed E-state index contributed by atoms with van der Waals surface area (Å²) in [6.07, 6.45) is 6.37. The summed E-state index contributed by atoms with van der Waals surface area (Å²) in [5.41, 5.74) is -0.280. The van der Waals surface area contributed by atoms with E-state index in [9.17, 15) is 10.1 Å². The molecule has 4 heteroatoms. The summed E-state index contributed by atoms with van der Waals surface area (Å²) in [5, 5.41) is 11.1. The highest BCUT2D eigenvalue weighted by molar-refractivity contribution is 6.31. The van der Waals surface area contributed by atoms with Crippen molar-refractivity contribution in [3.8, 4) is 0 Å². The lowest BCUT2D eigenvalue weighted by molar-refractivity contribution is -0.535. The van der Waals surface area contributed by atoms with Crippen LogP contribution in [-0.4, -0.2) is 10.5 Å². The van der Waals surface area contributed by atoms with Crippen molar-refractivity contribution in [1.82, 2.24) is 0 Å². The van der Waals surface area contributed by atoms with Gasteiger partial charge in [0.05, 0.1) is 0 Å². The molecule has 0 aliphatic heterocycles. The van der Waals surface area contributed by atoms with Crippen molar-refractivity contribution in [3.05, 3.63) is 45.0 Å². The minimum atomic E-state index is -1.19. The summed E-state index contributed by atoms with van der Waals surface area (Å²) in [5.74, 6) is 0. The predicted octanol–water partition coefficient (Wildman–Crippen LogP) is 2.66. The maximum Gasteiger partial charge on any atom is 0.257 e. The van der Waals surface area contributed by atoms with Gasteiger partial charge in [0.25, 0.3) is 5.54 Å². The summed E-state index contributed by atoms with van der Waals surface area (Å²) in [6.45, 7) is 3.36. The largest absolute Gasteiger partial charge is 0.263 e. The average Bonchev–Trinajstić information content (AvgIpc) is 2.11. The molecule has 1 unspecified atom stereocenters. The topological polar surface area (TPSA) is 43.1 Å².